The van der Waals surface area contributed by atoms with E-state index < -0.39 is 11.7 Å². The molecule has 0 spiro atoms. The van der Waals surface area contributed by atoms with Gasteiger partial charge in [0.2, 0.25) is 5.91 Å². The van der Waals surface area contributed by atoms with Gasteiger partial charge in [0.1, 0.15) is 11.4 Å². The molecule has 0 saturated carbocycles. The second-order valence-corrected chi connectivity index (χ2v) is 6.16. The molecule has 0 radical (unpaired) electrons. The van der Waals surface area contributed by atoms with Crippen LogP contribution in [0, 0.1) is 0 Å². The number of rotatable bonds is 5. The van der Waals surface area contributed by atoms with Crippen LogP contribution in [0.2, 0.25) is 0 Å². The highest BCUT2D eigenvalue weighted by molar-refractivity contribution is 5.82. The molecule has 0 fully saturated rings. The Balaban J connectivity index is 1.69. The van der Waals surface area contributed by atoms with Gasteiger partial charge in [-0.25, -0.2) is 9.78 Å². The monoisotopic (exact) mass is 318 g/mol. The van der Waals surface area contributed by atoms with Crippen LogP contribution < -0.4 is 10.6 Å². The lowest BCUT2D eigenvalue weighted by molar-refractivity contribution is -0.120. The van der Waals surface area contributed by atoms with Gasteiger partial charge in [-0.2, -0.15) is 0 Å². The van der Waals surface area contributed by atoms with Crippen LogP contribution in [0.15, 0.2) is 24.3 Å². The van der Waals surface area contributed by atoms with Crippen LogP contribution in [0.4, 0.5) is 4.79 Å². The predicted molar refractivity (Wildman–Crippen MR) is 87.0 cm³/mol. The van der Waals surface area contributed by atoms with E-state index in [1.807, 2.05) is 24.3 Å². The van der Waals surface area contributed by atoms with Crippen molar-refractivity contribution in [2.24, 2.45) is 0 Å². The zero-order valence-corrected chi connectivity index (χ0v) is 13.6. The average Bonchev–Trinajstić information content (AvgIpc) is 2.86. The minimum atomic E-state index is -0.607. The Morgan fingerprint density at radius 1 is 1.22 bits per heavy atom. The first-order chi connectivity index (χ1) is 10.8. The van der Waals surface area contributed by atoms with Gasteiger partial charge in [0.15, 0.2) is 0 Å². The third kappa shape index (κ3) is 5.61. The van der Waals surface area contributed by atoms with Crippen molar-refractivity contribution in [2.45, 2.75) is 32.8 Å². The van der Waals surface area contributed by atoms with Crippen LogP contribution in [0.3, 0.4) is 0 Å². The maximum Gasteiger partial charge on any atom is 0.408 e. The summed E-state index contributed by atoms with van der Waals surface area (Å²) >= 11 is 0. The first-order valence-corrected chi connectivity index (χ1v) is 7.51. The number of nitrogens with zero attached hydrogens (tertiary/aromatic N) is 1. The van der Waals surface area contributed by atoms with Gasteiger partial charge in [0.05, 0.1) is 17.6 Å². The molecule has 7 heteroatoms. The number of carbonyl (C=O) groups is 2. The molecule has 1 aromatic heterocycles. The zero-order valence-electron chi connectivity index (χ0n) is 13.6. The standard InChI is InChI=1S/C16H22N4O3/c1-16(2,3)23-15(22)18-10-14(21)17-9-8-13-19-11-6-4-5-7-12(11)20-13/h4-7H,8-10H2,1-3H3,(H,17,21)(H,18,22)(H,19,20). The fourth-order valence-electron chi connectivity index (χ4n) is 1.97. The Morgan fingerprint density at radius 3 is 2.65 bits per heavy atom. The number of aromatic nitrogens is 2. The van der Waals surface area contributed by atoms with Crippen molar-refractivity contribution in [3.8, 4) is 0 Å². The molecule has 1 heterocycles. The molecule has 2 aromatic rings. The SMILES string of the molecule is CC(C)(C)OC(=O)NCC(=O)NCCc1nc2ccccc2[nH]1. The van der Waals surface area contributed by atoms with Crippen LogP contribution in [0.5, 0.6) is 0 Å². The summed E-state index contributed by atoms with van der Waals surface area (Å²) in [5.41, 5.74) is 1.29. The molecule has 0 aliphatic heterocycles. The van der Waals surface area contributed by atoms with Gasteiger partial charge < -0.3 is 20.4 Å². The van der Waals surface area contributed by atoms with Crippen molar-refractivity contribution in [1.82, 2.24) is 20.6 Å². The maximum absolute atomic E-state index is 11.7. The summed E-state index contributed by atoms with van der Waals surface area (Å²) in [7, 11) is 0. The summed E-state index contributed by atoms with van der Waals surface area (Å²) in [5.74, 6) is 0.540. The van der Waals surface area contributed by atoms with Gasteiger partial charge in [0, 0.05) is 13.0 Å². The molecule has 1 aromatic carbocycles. The molecule has 0 atom stereocenters. The fraction of sp³-hybridized carbons (Fsp3) is 0.438. The second kappa shape index (κ2) is 7.13. The summed E-state index contributed by atoms with van der Waals surface area (Å²) in [6.07, 6.45) is -0.0164. The van der Waals surface area contributed by atoms with Crippen LogP contribution in [0.1, 0.15) is 26.6 Å². The van der Waals surface area contributed by atoms with Crippen molar-refractivity contribution in [1.29, 1.82) is 0 Å². The van der Waals surface area contributed by atoms with E-state index in [-0.39, 0.29) is 12.5 Å². The van der Waals surface area contributed by atoms with E-state index in [4.69, 9.17) is 4.74 Å². The number of benzene rings is 1. The molecule has 0 aliphatic rings. The van der Waals surface area contributed by atoms with Crippen molar-refractivity contribution in [3.63, 3.8) is 0 Å². The number of nitrogens with one attached hydrogen (secondary N) is 3. The number of hydrogen-bond acceptors (Lipinski definition) is 4. The first kappa shape index (κ1) is 16.8. The molecular weight excluding hydrogens is 296 g/mol. The molecular formula is C16H22N4O3. The third-order valence-corrected chi connectivity index (χ3v) is 2.91. The topological polar surface area (TPSA) is 96.1 Å². The minimum absolute atomic E-state index is 0.116. The molecule has 23 heavy (non-hydrogen) atoms. The van der Waals surface area contributed by atoms with E-state index in [0.29, 0.717) is 13.0 Å². The van der Waals surface area contributed by atoms with Gasteiger partial charge in [-0.1, -0.05) is 12.1 Å². The van der Waals surface area contributed by atoms with Gasteiger partial charge in [0.25, 0.3) is 0 Å². The van der Waals surface area contributed by atoms with Gasteiger partial charge in [-0.05, 0) is 32.9 Å². The second-order valence-electron chi connectivity index (χ2n) is 6.16. The van der Waals surface area contributed by atoms with E-state index in [1.54, 1.807) is 20.8 Å². The van der Waals surface area contributed by atoms with Crippen molar-refractivity contribution in [3.05, 3.63) is 30.1 Å². The quantitative estimate of drug-likeness (QED) is 0.782. The lowest BCUT2D eigenvalue weighted by Gasteiger charge is -2.19. The van der Waals surface area contributed by atoms with Crippen molar-refractivity contribution < 1.29 is 14.3 Å². The largest absolute Gasteiger partial charge is 0.444 e. The molecule has 3 N–H and O–H groups in total. The van der Waals surface area contributed by atoms with Crippen LogP contribution >= 0.6 is 0 Å². The van der Waals surface area contributed by atoms with Gasteiger partial charge in [-0.3, -0.25) is 4.79 Å². The average molecular weight is 318 g/mol. The summed E-state index contributed by atoms with van der Waals surface area (Å²) < 4.78 is 5.05. The number of ether oxygens (including phenoxy) is 1. The number of alkyl carbamates (subject to hydrolysis) is 1. The van der Waals surface area contributed by atoms with E-state index in [0.717, 1.165) is 16.9 Å². The summed E-state index contributed by atoms with van der Waals surface area (Å²) in [5, 5.41) is 5.14. The van der Waals surface area contributed by atoms with Crippen LogP contribution in [0.25, 0.3) is 11.0 Å². The molecule has 0 saturated heterocycles. The van der Waals surface area contributed by atoms with Gasteiger partial charge in [-0.15, -0.1) is 0 Å². The van der Waals surface area contributed by atoms with E-state index in [1.165, 1.54) is 0 Å². The molecule has 7 nitrogen and oxygen atoms in total. The number of hydrogen-bond donors (Lipinski definition) is 3. The number of para-hydroxylation sites is 2. The zero-order chi connectivity index (χ0) is 16.9. The number of aromatic amines is 1. The molecule has 0 unspecified atom stereocenters. The van der Waals surface area contributed by atoms with E-state index in [2.05, 4.69) is 20.6 Å². The highest BCUT2D eigenvalue weighted by Gasteiger charge is 2.16. The molecule has 2 amide bonds. The third-order valence-electron chi connectivity index (χ3n) is 2.91. The predicted octanol–water partition coefficient (Wildman–Crippen LogP) is 1.75. The molecule has 2 rings (SSSR count). The Labute approximate surface area is 134 Å². The number of carbonyl (C=O) groups excluding carboxylic acids is 2. The number of fused-ring (bicyclic) bond motifs is 1. The Kier molecular flexibility index (Phi) is 5.20. The lowest BCUT2D eigenvalue weighted by Crippen LogP contribution is -2.40. The molecule has 124 valence electrons. The summed E-state index contributed by atoms with van der Waals surface area (Å²) in [4.78, 5) is 30.7. The van der Waals surface area contributed by atoms with E-state index in [9.17, 15) is 9.59 Å². The highest BCUT2D eigenvalue weighted by atomic mass is 16.6. The Morgan fingerprint density at radius 2 is 1.96 bits per heavy atom. The molecule has 0 aliphatic carbocycles. The summed E-state index contributed by atoms with van der Waals surface area (Å²) in [6, 6.07) is 7.75. The fourth-order valence-corrected chi connectivity index (χ4v) is 1.97. The number of imidazole rings is 1. The van der Waals surface area contributed by atoms with Crippen LogP contribution in [-0.4, -0.2) is 40.7 Å². The number of amides is 2. The number of H-pyrrole nitrogens is 1. The van der Waals surface area contributed by atoms with Crippen LogP contribution in [-0.2, 0) is 16.0 Å². The normalized spacial score (nSPS) is 11.3. The smallest absolute Gasteiger partial charge is 0.408 e. The maximum atomic E-state index is 11.7. The first-order valence-electron chi connectivity index (χ1n) is 7.51. The Bertz CT molecular complexity index is 655. The highest BCUT2D eigenvalue weighted by Crippen LogP contribution is 2.10. The molecule has 0 bridgehead atoms. The van der Waals surface area contributed by atoms with E-state index >= 15 is 0 Å². The van der Waals surface area contributed by atoms with Crippen molar-refractivity contribution in [2.75, 3.05) is 13.1 Å². The Hall–Kier alpha value is -2.57. The lowest BCUT2D eigenvalue weighted by atomic mass is 10.2. The van der Waals surface area contributed by atoms with Crippen molar-refractivity contribution >= 4 is 23.0 Å². The minimum Gasteiger partial charge on any atom is -0.444 e. The van der Waals surface area contributed by atoms with Gasteiger partial charge >= 0.3 is 6.09 Å². The summed E-state index contributed by atoms with van der Waals surface area (Å²) in [6.45, 7) is 5.61.